The number of nitrogens with one attached hydrogen (secondary N) is 1. The minimum absolute atomic E-state index is 0.0413. The summed E-state index contributed by atoms with van der Waals surface area (Å²) in [5.41, 5.74) is 3.90. The Morgan fingerprint density at radius 1 is 1.27 bits per heavy atom. The number of aryl methyl sites for hydroxylation is 1. The van der Waals surface area contributed by atoms with Crippen molar-refractivity contribution in [3.8, 4) is 5.69 Å². The van der Waals surface area contributed by atoms with Gasteiger partial charge in [-0.15, -0.1) is 0 Å². The molecule has 1 aromatic carbocycles. The Balaban J connectivity index is 1.91. The van der Waals surface area contributed by atoms with Crippen LogP contribution in [0.5, 0.6) is 0 Å². The van der Waals surface area contributed by atoms with E-state index in [1.165, 1.54) is 0 Å². The van der Waals surface area contributed by atoms with Gasteiger partial charge in [-0.2, -0.15) is 5.10 Å². The summed E-state index contributed by atoms with van der Waals surface area (Å²) in [7, 11) is 0. The van der Waals surface area contributed by atoms with Gasteiger partial charge in [0.2, 0.25) is 5.91 Å². The molecule has 1 saturated heterocycles. The maximum atomic E-state index is 12.7. The summed E-state index contributed by atoms with van der Waals surface area (Å²) in [6.45, 7) is 10.9. The first kappa shape index (κ1) is 18.6. The molecule has 1 atom stereocenters. The van der Waals surface area contributed by atoms with E-state index in [-0.39, 0.29) is 18.1 Å². The largest absolute Gasteiger partial charge is 0.377 e. The summed E-state index contributed by atoms with van der Waals surface area (Å²) in [6, 6.07) is 9.71. The predicted molar refractivity (Wildman–Crippen MR) is 101 cm³/mol. The summed E-state index contributed by atoms with van der Waals surface area (Å²) < 4.78 is 7.63. The minimum Gasteiger partial charge on any atom is -0.377 e. The molecular formula is C20H28N4O2. The molecule has 1 aromatic heterocycles. The SMILES string of the molecule is Cc1nn(-c2ccccc2)c(C)c1[C@@H]1C(=O)NCCN1CCOC(C)C. The van der Waals surface area contributed by atoms with Crippen LogP contribution in [0.1, 0.15) is 36.8 Å². The van der Waals surface area contributed by atoms with Crippen molar-refractivity contribution in [1.29, 1.82) is 0 Å². The van der Waals surface area contributed by atoms with Gasteiger partial charge < -0.3 is 10.1 Å². The van der Waals surface area contributed by atoms with Gasteiger partial charge in [-0.05, 0) is 39.8 Å². The Kier molecular flexibility index (Phi) is 5.74. The topological polar surface area (TPSA) is 59.4 Å². The van der Waals surface area contributed by atoms with Crippen LogP contribution in [0, 0.1) is 13.8 Å². The highest BCUT2D eigenvalue weighted by molar-refractivity contribution is 5.84. The molecule has 0 aliphatic carbocycles. The fourth-order valence-electron chi connectivity index (χ4n) is 3.55. The smallest absolute Gasteiger partial charge is 0.242 e. The van der Waals surface area contributed by atoms with Gasteiger partial charge in [0.15, 0.2) is 0 Å². The summed E-state index contributed by atoms with van der Waals surface area (Å²) >= 11 is 0. The lowest BCUT2D eigenvalue weighted by Crippen LogP contribution is -2.51. The monoisotopic (exact) mass is 356 g/mol. The number of benzene rings is 1. The highest BCUT2D eigenvalue weighted by Crippen LogP contribution is 2.30. The third-order valence-electron chi connectivity index (χ3n) is 4.76. The third-order valence-corrected chi connectivity index (χ3v) is 4.76. The van der Waals surface area contributed by atoms with Crippen LogP contribution in [0.25, 0.3) is 5.69 Å². The van der Waals surface area contributed by atoms with Gasteiger partial charge in [-0.25, -0.2) is 4.68 Å². The molecule has 140 valence electrons. The van der Waals surface area contributed by atoms with Crippen LogP contribution < -0.4 is 5.32 Å². The van der Waals surface area contributed by atoms with E-state index in [2.05, 4.69) is 10.2 Å². The lowest BCUT2D eigenvalue weighted by atomic mass is 10.0. The van der Waals surface area contributed by atoms with E-state index in [4.69, 9.17) is 9.84 Å². The van der Waals surface area contributed by atoms with Gasteiger partial charge >= 0.3 is 0 Å². The number of piperazine rings is 1. The zero-order chi connectivity index (χ0) is 18.7. The average Bonchev–Trinajstić information content (AvgIpc) is 2.90. The second-order valence-electron chi connectivity index (χ2n) is 6.98. The number of nitrogens with zero attached hydrogens (tertiary/aromatic N) is 3. The highest BCUT2D eigenvalue weighted by Gasteiger charge is 2.35. The number of para-hydroxylation sites is 1. The average molecular weight is 356 g/mol. The first-order chi connectivity index (χ1) is 12.5. The van der Waals surface area contributed by atoms with Gasteiger partial charge in [-0.3, -0.25) is 9.69 Å². The van der Waals surface area contributed by atoms with Crippen molar-refractivity contribution in [2.45, 2.75) is 39.8 Å². The lowest BCUT2D eigenvalue weighted by Gasteiger charge is -2.35. The Morgan fingerprint density at radius 2 is 2.00 bits per heavy atom. The van der Waals surface area contributed by atoms with Gasteiger partial charge in [0.05, 0.1) is 24.1 Å². The second kappa shape index (κ2) is 8.01. The number of amides is 1. The van der Waals surface area contributed by atoms with E-state index in [1.807, 2.05) is 62.7 Å². The fraction of sp³-hybridized carbons (Fsp3) is 0.500. The first-order valence-electron chi connectivity index (χ1n) is 9.24. The number of carbonyl (C=O) groups excluding carboxylic acids is 1. The summed E-state index contributed by atoms with van der Waals surface area (Å²) in [5.74, 6) is 0.0413. The lowest BCUT2D eigenvalue weighted by molar-refractivity contribution is -0.129. The molecule has 1 aliphatic rings. The Hall–Kier alpha value is -2.18. The normalized spacial score (nSPS) is 18.3. The maximum absolute atomic E-state index is 12.7. The number of rotatable bonds is 6. The molecule has 0 spiro atoms. The van der Waals surface area contributed by atoms with Crippen molar-refractivity contribution in [2.24, 2.45) is 0 Å². The summed E-state index contributed by atoms with van der Waals surface area (Å²) in [4.78, 5) is 14.9. The van der Waals surface area contributed by atoms with Crippen LogP contribution in [-0.4, -0.2) is 52.9 Å². The zero-order valence-corrected chi connectivity index (χ0v) is 16.0. The molecule has 3 rings (SSSR count). The van der Waals surface area contributed by atoms with Crippen LogP contribution in [-0.2, 0) is 9.53 Å². The van der Waals surface area contributed by atoms with E-state index in [0.717, 1.165) is 35.7 Å². The van der Waals surface area contributed by atoms with Gasteiger partial charge in [-0.1, -0.05) is 18.2 Å². The summed E-state index contributed by atoms with van der Waals surface area (Å²) in [5, 5.41) is 7.72. The zero-order valence-electron chi connectivity index (χ0n) is 16.0. The van der Waals surface area contributed by atoms with E-state index in [9.17, 15) is 4.79 Å². The standard InChI is InChI=1S/C20H28N4O2/c1-14(2)26-13-12-23-11-10-21-20(25)19(23)18-15(3)22-24(16(18)4)17-8-6-5-7-9-17/h5-9,14,19H,10-13H2,1-4H3,(H,21,25)/t19-/m1/s1. The molecule has 26 heavy (non-hydrogen) atoms. The van der Waals surface area contributed by atoms with Crippen molar-refractivity contribution >= 4 is 5.91 Å². The predicted octanol–water partition coefficient (Wildman–Crippen LogP) is 2.39. The van der Waals surface area contributed by atoms with Crippen molar-refractivity contribution in [2.75, 3.05) is 26.2 Å². The number of aromatic nitrogens is 2. The van der Waals surface area contributed by atoms with Gasteiger partial charge in [0.25, 0.3) is 0 Å². The van der Waals surface area contributed by atoms with Crippen molar-refractivity contribution < 1.29 is 9.53 Å². The summed E-state index contributed by atoms with van der Waals surface area (Å²) in [6.07, 6.45) is 0.191. The molecule has 6 heteroatoms. The van der Waals surface area contributed by atoms with Crippen LogP contribution in [0.4, 0.5) is 0 Å². The molecule has 6 nitrogen and oxygen atoms in total. The highest BCUT2D eigenvalue weighted by atomic mass is 16.5. The minimum atomic E-state index is -0.322. The third kappa shape index (κ3) is 3.81. The van der Waals surface area contributed by atoms with Gasteiger partial charge in [0.1, 0.15) is 6.04 Å². The number of ether oxygens (including phenoxy) is 1. The van der Waals surface area contributed by atoms with Crippen molar-refractivity contribution in [1.82, 2.24) is 20.0 Å². The van der Waals surface area contributed by atoms with E-state index in [0.29, 0.717) is 13.2 Å². The molecule has 0 unspecified atom stereocenters. The van der Waals surface area contributed by atoms with E-state index >= 15 is 0 Å². The second-order valence-corrected chi connectivity index (χ2v) is 6.98. The Morgan fingerprint density at radius 3 is 2.69 bits per heavy atom. The van der Waals surface area contributed by atoms with Crippen LogP contribution >= 0.6 is 0 Å². The molecule has 0 saturated carbocycles. The molecule has 2 heterocycles. The number of carbonyl (C=O) groups is 1. The van der Waals surface area contributed by atoms with Crippen LogP contribution in [0.15, 0.2) is 30.3 Å². The Labute approximate surface area is 155 Å². The number of hydrogen-bond donors (Lipinski definition) is 1. The van der Waals surface area contributed by atoms with Crippen LogP contribution in [0.3, 0.4) is 0 Å². The Bertz CT molecular complexity index is 755. The molecule has 1 amide bonds. The molecule has 0 bridgehead atoms. The quantitative estimate of drug-likeness (QED) is 0.863. The van der Waals surface area contributed by atoms with Crippen LogP contribution in [0.2, 0.25) is 0 Å². The van der Waals surface area contributed by atoms with E-state index in [1.54, 1.807) is 0 Å². The molecular weight excluding hydrogens is 328 g/mol. The molecule has 1 fully saturated rings. The first-order valence-corrected chi connectivity index (χ1v) is 9.24. The molecule has 1 N–H and O–H groups in total. The maximum Gasteiger partial charge on any atom is 0.242 e. The van der Waals surface area contributed by atoms with Crippen molar-refractivity contribution in [3.63, 3.8) is 0 Å². The van der Waals surface area contributed by atoms with Crippen molar-refractivity contribution in [3.05, 3.63) is 47.3 Å². The van der Waals surface area contributed by atoms with Gasteiger partial charge in [0, 0.05) is 30.9 Å². The number of hydrogen-bond acceptors (Lipinski definition) is 4. The molecule has 0 radical (unpaired) electrons. The van der Waals surface area contributed by atoms with E-state index < -0.39 is 0 Å². The molecule has 1 aliphatic heterocycles. The molecule has 2 aromatic rings. The fourth-order valence-corrected chi connectivity index (χ4v) is 3.55.